The van der Waals surface area contributed by atoms with E-state index in [0.717, 1.165) is 0 Å². The molecule has 0 aliphatic rings. The standard InChI is InChI=1S/6FO2Si.2Fe/c6*1-4(2)3;;/q6*-1;2*+3. The van der Waals surface area contributed by atoms with Crippen LogP contribution in [0.5, 0.6) is 0 Å². The molecule has 0 aromatic carbocycles. The fourth-order valence-electron chi connectivity index (χ4n) is 0. The van der Waals surface area contributed by atoms with Crippen molar-refractivity contribution in [2.75, 3.05) is 0 Å². The summed E-state index contributed by atoms with van der Waals surface area (Å²) >= 11 is 0. The molecular weight excluding hydrogens is 586 g/mol. The molecule has 26 heavy (non-hydrogen) atoms. The second-order valence-electron chi connectivity index (χ2n) is 1.43. The van der Waals surface area contributed by atoms with Gasteiger partial charge in [0.1, 0.15) is 0 Å². The Morgan fingerprint density at radius 1 is 0.346 bits per heavy atom. The van der Waals surface area contributed by atoms with Crippen LogP contribution in [0, 0.1) is 0 Å². The maximum absolute atomic E-state index is 9.99. The third-order valence-electron chi connectivity index (χ3n) is 0. The van der Waals surface area contributed by atoms with Crippen LogP contribution >= 0.6 is 0 Å². The zero-order chi connectivity index (χ0) is 21.5. The maximum atomic E-state index is 9.99. The van der Waals surface area contributed by atoms with Gasteiger partial charge in [0.2, 0.25) is 0 Å². The molecule has 0 aromatic rings. The van der Waals surface area contributed by atoms with Crippen molar-refractivity contribution in [3.8, 4) is 0 Å². The molecule has 0 saturated carbocycles. The zero-order valence-corrected chi connectivity index (χ0v) is 19.1. The topological polar surface area (TPSA) is 241 Å². The Bertz CT molecular complexity index is 277. The van der Waals surface area contributed by atoms with Gasteiger partial charge >= 0.3 is 89.7 Å². The van der Waals surface area contributed by atoms with Crippen molar-refractivity contribution in [2.45, 2.75) is 0 Å². The van der Waals surface area contributed by atoms with E-state index in [1.165, 1.54) is 0 Å². The Balaban J connectivity index is -0.0000000245. The SMILES string of the molecule is O=[Si]([O-])F.O=[Si]([O-])F.O=[Si]([O-])F.O=[Si]([O-])F.O=[Si]([O-])F.O=[Si]([O-])F.[Fe+3].[Fe+3]. The Hall–Kier alpha value is -0.480. The number of rotatable bonds is 0. The summed E-state index contributed by atoms with van der Waals surface area (Å²) < 4.78 is 110. The zero-order valence-electron chi connectivity index (χ0n) is 10.9. The fourth-order valence-corrected chi connectivity index (χ4v) is 0. The predicted octanol–water partition coefficient (Wildman–Crippen LogP) is -7.62. The molecule has 0 aliphatic heterocycles. The van der Waals surface area contributed by atoms with Gasteiger partial charge in [0.25, 0.3) is 0 Å². The van der Waals surface area contributed by atoms with E-state index in [0.29, 0.717) is 0 Å². The molecule has 0 atom stereocenters. The molecule has 154 valence electrons. The molecule has 26 heteroatoms. The first-order valence-electron chi connectivity index (χ1n) is 3.58. The maximum Gasteiger partial charge on any atom is 3.00 e. The average Bonchev–Trinajstić information content (AvgIpc) is 2.08. The molecule has 0 aliphatic carbocycles. The van der Waals surface area contributed by atoms with Crippen LogP contribution in [-0.4, -0.2) is 55.6 Å². The van der Waals surface area contributed by atoms with Crippen LogP contribution in [0.15, 0.2) is 0 Å². The van der Waals surface area contributed by atoms with Gasteiger partial charge in [0, 0.05) is 0 Å². The Morgan fingerprint density at radius 2 is 0.346 bits per heavy atom. The Labute approximate surface area is 169 Å². The molecule has 0 spiro atoms. The van der Waals surface area contributed by atoms with Crippen LogP contribution in [0.2, 0.25) is 0 Å². The summed E-state index contributed by atoms with van der Waals surface area (Å²) in [5.41, 5.74) is 0. The van der Waals surface area contributed by atoms with E-state index in [1.54, 1.807) is 0 Å². The van der Waals surface area contributed by atoms with Crippen LogP contribution in [0.3, 0.4) is 0 Å². The van der Waals surface area contributed by atoms with Gasteiger partial charge in [-0.2, -0.15) is 0 Å². The van der Waals surface area contributed by atoms with Crippen molar-refractivity contribution in [2.24, 2.45) is 0 Å². The summed E-state index contributed by atoms with van der Waals surface area (Å²) in [5.74, 6) is 0. The molecule has 0 rings (SSSR count). The van der Waals surface area contributed by atoms with Crippen molar-refractivity contribution < 1.29 is 114 Å². The molecule has 0 bridgehead atoms. The summed E-state index contributed by atoms with van der Waals surface area (Å²) in [5, 5.41) is 0. The molecule has 0 aromatic heterocycles. The second-order valence-corrected chi connectivity index (χ2v) is 4.28. The minimum absolute atomic E-state index is 0. The summed E-state index contributed by atoms with van der Waals surface area (Å²) in [7, 11) is -23.3. The number of hydrogen-bond donors (Lipinski definition) is 0. The third kappa shape index (κ3) is 51800. The second kappa shape index (κ2) is 44.2. The van der Waals surface area contributed by atoms with Crippen molar-refractivity contribution in [1.82, 2.24) is 0 Å². The van der Waals surface area contributed by atoms with Crippen LogP contribution in [0.4, 0.5) is 24.6 Å². The molecule has 12 nitrogen and oxygen atoms in total. The molecule has 2 radical (unpaired) electrons. The van der Waals surface area contributed by atoms with Gasteiger partial charge in [0.05, 0.1) is 0 Å². The van der Waals surface area contributed by atoms with Gasteiger partial charge in [0.15, 0.2) is 0 Å². The predicted molar refractivity (Wildman–Crippen MR) is 45.3 cm³/mol. The summed E-state index contributed by atoms with van der Waals surface area (Å²) in [4.78, 5) is 50.4. The van der Waals surface area contributed by atoms with E-state index in [2.05, 4.69) is 0 Å². The van der Waals surface area contributed by atoms with Gasteiger partial charge in [-0.3, -0.25) is 24.6 Å². The molecular formula is F6Fe2O12Si6. The van der Waals surface area contributed by atoms with E-state index in [4.69, 9.17) is 55.5 Å². The van der Waals surface area contributed by atoms with E-state index >= 15 is 0 Å². The monoisotopic (exact) mass is 586 g/mol. The van der Waals surface area contributed by atoms with Crippen molar-refractivity contribution in [1.29, 1.82) is 0 Å². The van der Waals surface area contributed by atoms with E-state index in [-0.39, 0.29) is 34.1 Å². The van der Waals surface area contributed by atoms with E-state index < -0.39 is 55.6 Å². The Morgan fingerprint density at radius 3 is 0.346 bits per heavy atom. The Kier molecular flexibility index (Phi) is 85.0. The first-order chi connectivity index (χ1) is 10.4. The van der Waals surface area contributed by atoms with Crippen molar-refractivity contribution in [3.63, 3.8) is 0 Å². The minimum atomic E-state index is -3.88. The number of hydrogen-bond acceptors (Lipinski definition) is 12. The molecule has 0 fully saturated rings. The van der Waals surface area contributed by atoms with E-state index in [1.807, 2.05) is 0 Å². The molecule has 0 amide bonds. The van der Waals surface area contributed by atoms with Crippen LogP contribution in [-0.2, 0) is 60.9 Å². The quantitative estimate of drug-likeness (QED) is 0.146. The first kappa shape index (κ1) is 50.0. The normalized spacial score (nSPS) is 5.77. The average molecular weight is 586 g/mol. The van der Waals surface area contributed by atoms with Gasteiger partial charge < -0.3 is 55.5 Å². The summed E-state index contributed by atoms with van der Waals surface area (Å²) in [6.07, 6.45) is 0. The largest absolute Gasteiger partial charge is 3.00 e. The van der Waals surface area contributed by atoms with Gasteiger partial charge in [-0.1, -0.05) is 0 Å². The minimum Gasteiger partial charge on any atom is -0.560 e. The molecule has 0 saturated heterocycles. The van der Waals surface area contributed by atoms with E-state index in [9.17, 15) is 24.6 Å². The van der Waals surface area contributed by atoms with Crippen molar-refractivity contribution >= 4 is 55.6 Å². The summed E-state index contributed by atoms with van der Waals surface area (Å²) in [6.45, 7) is 0. The third-order valence-corrected chi connectivity index (χ3v) is 0. The molecule has 0 unspecified atom stereocenters. The number of halogens is 6. The molecule has 0 heterocycles. The van der Waals surface area contributed by atoms with Gasteiger partial charge in [-0.05, 0) is 0 Å². The van der Waals surface area contributed by atoms with Crippen LogP contribution in [0.25, 0.3) is 0 Å². The first-order valence-corrected chi connectivity index (χ1v) is 10.8. The fraction of sp³-hybridized carbons (Fsp3) is 0. The van der Waals surface area contributed by atoms with Crippen LogP contribution < -0.4 is 28.8 Å². The van der Waals surface area contributed by atoms with Crippen LogP contribution in [0.1, 0.15) is 0 Å². The van der Waals surface area contributed by atoms with Gasteiger partial charge in [-0.15, -0.1) is 0 Å². The van der Waals surface area contributed by atoms with Crippen molar-refractivity contribution in [3.05, 3.63) is 0 Å². The smallest absolute Gasteiger partial charge is 0.560 e. The summed E-state index contributed by atoms with van der Waals surface area (Å²) in [6, 6.07) is 0. The molecule has 0 N–H and O–H groups in total. The van der Waals surface area contributed by atoms with Gasteiger partial charge in [-0.25, -0.2) is 0 Å².